The number of morpholine rings is 1. The zero-order valence-corrected chi connectivity index (χ0v) is 13.9. The summed E-state index contributed by atoms with van der Waals surface area (Å²) in [5.41, 5.74) is -0.923. The highest BCUT2D eigenvalue weighted by molar-refractivity contribution is 5.76. The van der Waals surface area contributed by atoms with E-state index in [0.717, 1.165) is 32.8 Å². The van der Waals surface area contributed by atoms with Crippen LogP contribution in [0, 0.1) is 0 Å². The van der Waals surface area contributed by atoms with Gasteiger partial charge in [0.25, 0.3) is 0 Å². The number of β-amino-alcohol motifs (C(OH)–C–C–N with tert-alkyl or cyclic N) is 1. The molecular weight excluding hydrogens is 310 g/mol. The van der Waals surface area contributed by atoms with Crippen LogP contribution in [0.2, 0.25) is 0 Å². The van der Waals surface area contributed by atoms with E-state index in [0.29, 0.717) is 31.9 Å². The Hall–Kier alpha value is -1.77. The molecule has 132 valence electrons. The van der Waals surface area contributed by atoms with Gasteiger partial charge in [-0.3, -0.25) is 9.69 Å². The Morgan fingerprint density at radius 1 is 1.29 bits per heavy atom. The van der Waals surface area contributed by atoms with Crippen molar-refractivity contribution < 1.29 is 14.6 Å². The van der Waals surface area contributed by atoms with Gasteiger partial charge >= 0.3 is 0 Å². The predicted molar refractivity (Wildman–Crippen MR) is 88.7 cm³/mol. The van der Waals surface area contributed by atoms with Gasteiger partial charge in [0.2, 0.25) is 11.9 Å². The van der Waals surface area contributed by atoms with Crippen LogP contribution < -0.4 is 10.2 Å². The summed E-state index contributed by atoms with van der Waals surface area (Å²) in [7, 11) is 0. The van der Waals surface area contributed by atoms with E-state index in [1.807, 2.05) is 4.90 Å². The minimum atomic E-state index is -0.923. The molecule has 8 heteroatoms. The van der Waals surface area contributed by atoms with Gasteiger partial charge in [0.15, 0.2) is 0 Å². The van der Waals surface area contributed by atoms with Crippen molar-refractivity contribution in [3.63, 3.8) is 0 Å². The van der Waals surface area contributed by atoms with Gasteiger partial charge in [-0.1, -0.05) is 0 Å². The fraction of sp³-hybridized carbons (Fsp3) is 0.688. The van der Waals surface area contributed by atoms with E-state index in [1.54, 1.807) is 18.5 Å². The number of ether oxygens (including phenoxy) is 1. The molecule has 8 nitrogen and oxygen atoms in total. The number of anilines is 1. The SMILES string of the molecule is O=C(CCN1CCOCC1)NC[C@@]1(O)CCN(c2ncccn2)C1. The number of rotatable bonds is 6. The molecule has 0 saturated carbocycles. The van der Waals surface area contributed by atoms with Gasteiger partial charge in [-0.2, -0.15) is 0 Å². The second-order valence-electron chi connectivity index (χ2n) is 6.43. The van der Waals surface area contributed by atoms with Crippen molar-refractivity contribution >= 4 is 11.9 Å². The molecule has 2 fully saturated rings. The fourth-order valence-corrected chi connectivity index (χ4v) is 3.06. The Morgan fingerprint density at radius 3 is 2.79 bits per heavy atom. The van der Waals surface area contributed by atoms with Crippen LogP contribution in [0.3, 0.4) is 0 Å². The van der Waals surface area contributed by atoms with Crippen LogP contribution in [0.25, 0.3) is 0 Å². The number of hydrogen-bond donors (Lipinski definition) is 2. The molecule has 3 rings (SSSR count). The normalized spacial score (nSPS) is 25.0. The molecule has 2 aliphatic heterocycles. The first-order valence-electron chi connectivity index (χ1n) is 8.46. The Bertz CT molecular complexity index is 538. The van der Waals surface area contributed by atoms with Crippen molar-refractivity contribution in [1.82, 2.24) is 20.2 Å². The summed E-state index contributed by atoms with van der Waals surface area (Å²) in [6, 6.07) is 1.76. The van der Waals surface area contributed by atoms with Crippen molar-refractivity contribution in [3.05, 3.63) is 18.5 Å². The van der Waals surface area contributed by atoms with E-state index in [2.05, 4.69) is 20.2 Å². The van der Waals surface area contributed by atoms with Gasteiger partial charge in [0.05, 0.1) is 19.8 Å². The standard InChI is InChI=1S/C16H25N5O3/c22-14(2-6-20-8-10-24-11-9-20)19-12-16(23)3-7-21(13-16)15-17-4-1-5-18-15/h1,4-5,23H,2-3,6-13H2,(H,19,22)/t16-/m0/s1. The lowest BCUT2D eigenvalue weighted by atomic mass is 10.0. The molecular formula is C16H25N5O3. The molecule has 3 heterocycles. The molecule has 1 amide bonds. The number of carbonyl (C=O) groups is 1. The van der Waals surface area contributed by atoms with Crippen LogP contribution in [0.15, 0.2) is 18.5 Å². The van der Waals surface area contributed by atoms with Gasteiger partial charge < -0.3 is 20.1 Å². The van der Waals surface area contributed by atoms with Crippen LogP contribution in [0.5, 0.6) is 0 Å². The maximum atomic E-state index is 12.0. The molecule has 0 aliphatic carbocycles. The van der Waals surface area contributed by atoms with E-state index < -0.39 is 5.60 Å². The van der Waals surface area contributed by atoms with Crippen molar-refractivity contribution in [1.29, 1.82) is 0 Å². The second-order valence-corrected chi connectivity index (χ2v) is 6.43. The maximum Gasteiger partial charge on any atom is 0.225 e. The molecule has 0 unspecified atom stereocenters. The van der Waals surface area contributed by atoms with Gasteiger partial charge in [0, 0.05) is 51.5 Å². The molecule has 2 aliphatic rings. The molecule has 24 heavy (non-hydrogen) atoms. The topological polar surface area (TPSA) is 90.8 Å². The largest absolute Gasteiger partial charge is 0.386 e. The summed E-state index contributed by atoms with van der Waals surface area (Å²) in [6.45, 7) is 5.34. The number of nitrogens with zero attached hydrogens (tertiary/aromatic N) is 4. The number of aliphatic hydroxyl groups is 1. The number of hydrogen-bond acceptors (Lipinski definition) is 7. The predicted octanol–water partition coefficient (Wildman–Crippen LogP) is -0.744. The van der Waals surface area contributed by atoms with Crippen molar-refractivity contribution in [2.24, 2.45) is 0 Å². The first-order chi connectivity index (χ1) is 11.6. The molecule has 0 radical (unpaired) electrons. The molecule has 1 aromatic heterocycles. The van der Waals surface area contributed by atoms with E-state index in [-0.39, 0.29) is 12.5 Å². The minimum Gasteiger partial charge on any atom is -0.386 e. The van der Waals surface area contributed by atoms with Crippen LogP contribution in [0.1, 0.15) is 12.8 Å². The Balaban J connectivity index is 1.40. The number of amides is 1. The van der Waals surface area contributed by atoms with Crippen LogP contribution >= 0.6 is 0 Å². The molecule has 2 N–H and O–H groups in total. The van der Waals surface area contributed by atoms with E-state index in [1.165, 1.54) is 0 Å². The van der Waals surface area contributed by atoms with Gasteiger partial charge in [-0.05, 0) is 12.5 Å². The highest BCUT2D eigenvalue weighted by atomic mass is 16.5. The molecule has 0 aromatic carbocycles. The highest BCUT2D eigenvalue weighted by Crippen LogP contribution is 2.23. The number of nitrogens with one attached hydrogen (secondary N) is 1. The summed E-state index contributed by atoms with van der Waals surface area (Å²) < 4.78 is 5.29. The third-order valence-electron chi connectivity index (χ3n) is 4.54. The maximum absolute atomic E-state index is 12.0. The first-order valence-corrected chi connectivity index (χ1v) is 8.46. The quantitative estimate of drug-likeness (QED) is 0.707. The first kappa shape index (κ1) is 17.1. The Kier molecular flexibility index (Phi) is 5.60. The van der Waals surface area contributed by atoms with Crippen molar-refractivity contribution in [3.8, 4) is 0 Å². The fourth-order valence-electron chi connectivity index (χ4n) is 3.06. The van der Waals surface area contributed by atoms with Gasteiger partial charge in [-0.15, -0.1) is 0 Å². The zero-order valence-electron chi connectivity index (χ0n) is 13.9. The third-order valence-corrected chi connectivity index (χ3v) is 4.54. The van der Waals surface area contributed by atoms with Crippen molar-refractivity contribution in [2.45, 2.75) is 18.4 Å². The van der Waals surface area contributed by atoms with Crippen molar-refractivity contribution in [2.75, 3.05) is 57.4 Å². The lowest BCUT2D eigenvalue weighted by molar-refractivity contribution is -0.122. The second kappa shape index (κ2) is 7.87. The van der Waals surface area contributed by atoms with Gasteiger partial charge in [-0.25, -0.2) is 9.97 Å². The number of aromatic nitrogens is 2. The Labute approximate surface area is 141 Å². The minimum absolute atomic E-state index is 0.0238. The van der Waals surface area contributed by atoms with E-state index >= 15 is 0 Å². The number of carbonyl (C=O) groups excluding carboxylic acids is 1. The molecule has 1 atom stereocenters. The van der Waals surface area contributed by atoms with E-state index in [9.17, 15) is 9.90 Å². The summed E-state index contributed by atoms with van der Waals surface area (Å²) in [5, 5.41) is 13.5. The average molecular weight is 335 g/mol. The third kappa shape index (κ3) is 4.62. The molecule has 2 saturated heterocycles. The zero-order chi connectivity index (χ0) is 16.8. The summed E-state index contributed by atoms with van der Waals surface area (Å²) in [4.78, 5) is 24.6. The summed E-state index contributed by atoms with van der Waals surface area (Å²) in [6.07, 6.45) is 4.41. The highest BCUT2D eigenvalue weighted by Gasteiger charge is 2.37. The lowest BCUT2D eigenvalue weighted by Gasteiger charge is -2.27. The monoisotopic (exact) mass is 335 g/mol. The summed E-state index contributed by atoms with van der Waals surface area (Å²) in [5.74, 6) is 0.594. The van der Waals surface area contributed by atoms with E-state index in [4.69, 9.17) is 4.74 Å². The lowest BCUT2D eigenvalue weighted by Crippen LogP contribution is -2.46. The molecule has 1 aromatic rings. The van der Waals surface area contributed by atoms with Gasteiger partial charge in [0.1, 0.15) is 5.60 Å². The summed E-state index contributed by atoms with van der Waals surface area (Å²) >= 11 is 0. The smallest absolute Gasteiger partial charge is 0.225 e. The molecule has 0 spiro atoms. The average Bonchev–Trinajstić information content (AvgIpc) is 3.03. The van der Waals surface area contributed by atoms with Crippen LogP contribution in [0.4, 0.5) is 5.95 Å². The van der Waals surface area contributed by atoms with Crippen LogP contribution in [-0.4, -0.2) is 84.0 Å². The Morgan fingerprint density at radius 2 is 2.04 bits per heavy atom. The molecule has 0 bridgehead atoms. The van der Waals surface area contributed by atoms with Crippen LogP contribution in [-0.2, 0) is 9.53 Å².